The molecule has 0 heterocycles. The molecule has 1 aromatic carbocycles. The van der Waals surface area contributed by atoms with Crippen molar-refractivity contribution in [3.8, 4) is 5.75 Å². The highest BCUT2D eigenvalue weighted by molar-refractivity contribution is 5.78. The Balaban J connectivity index is 2.34. The van der Waals surface area contributed by atoms with Crippen LogP contribution in [-0.4, -0.2) is 20.2 Å². The summed E-state index contributed by atoms with van der Waals surface area (Å²) in [5.41, 5.74) is 3.11. The third-order valence-corrected chi connectivity index (χ3v) is 4.16. The Hall–Kier alpha value is -1.51. The largest absolute Gasteiger partial charge is 0.496 e. The zero-order chi connectivity index (χ0) is 14.0. The van der Waals surface area contributed by atoms with E-state index < -0.39 is 0 Å². The molecule has 0 aromatic heterocycles. The molecular formula is C16H22O3. The number of hydrogen-bond acceptors (Lipinski definition) is 3. The molecule has 1 saturated carbocycles. The lowest BCUT2D eigenvalue weighted by molar-refractivity contribution is -0.158. The van der Waals surface area contributed by atoms with Gasteiger partial charge in [0.2, 0.25) is 0 Å². The molecule has 1 aliphatic rings. The molecule has 1 fully saturated rings. The normalized spacial score (nSPS) is 16.6. The highest BCUT2D eigenvalue weighted by atomic mass is 16.5. The third kappa shape index (κ3) is 2.46. The van der Waals surface area contributed by atoms with E-state index in [2.05, 4.69) is 19.1 Å². The van der Waals surface area contributed by atoms with Gasteiger partial charge in [0.15, 0.2) is 0 Å². The molecule has 0 radical (unpaired) electrons. The topological polar surface area (TPSA) is 35.5 Å². The van der Waals surface area contributed by atoms with Crippen LogP contribution in [0, 0.1) is 19.3 Å². The number of aryl methyl sites for hydroxylation is 2. The van der Waals surface area contributed by atoms with E-state index in [4.69, 9.17) is 9.47 Å². The molecule has 1 aliphatic carbocycles. The number of ether oxygens (including phenoxy) is 2. The summed E-state index contributed by atoms with van der Waals surface area (Å²) in [5.74, 6) is 0.820. The molecule has 3 heteroatoms. The van der Waals surface area contributed by atoms with Crippen LogP contribution in [0.15, 0.2) is 12.1 Å². The number of rotatable bonds is 4. The van der Waals surface area contributed by atoms with Crippen LogP contribution in [0.25, 0.3) is 0 Å². The Bertz CT molecular complexity index is 487. The van der Waals surface area contributed by atoms with Gasteiger partial charge in [-0.1, -0.05) is 24.1 Å². The predicted molar refractivity (Wildman–Crippen MR) is 74.5 cm³/mol. The van der Waals surface area contributed by atoms with Crippen molar-refractivity contribution in [2.45, 2.75) is 39.5 Å². The Kier molecular flexibility index (Phi) is 3.83. The Morgan fingerprint density at radius 1 is 1.26 bits per heavy atom. The molecule has 0 spiro atoms. The Morgan fingerprint density at radius 3 is 2.42 bits per heavy atom. The van der Waals surface area contributed by atoms with E-state index >= 15 is 0 Å². The minimum Gasteiger partial charge on any atom is -0.496 e. The quantitative estimate of drug-likeness (QED) is 0.782. The number of esters is 1. The fourth-order valence-corrected chi connectivity index (χ4v) is 3.10. The summed E-state index contributed by atoms with van der Waals surface area (Å²) >= 11 is 0. The van der Waals surface area contributed by atoms with Gasteiger partial charge in [0, 0.05) is 0 Å². The number of carbonyl (C=O) groups is 1. The van der Waals surface area contributed by atoms with Crippen LogP contribution in [0.1, 0.15) is 36.0 Å². The average molecular weight is 262 g/mol. The van der Waals surface area contributed by atoms with E-state index in [-0.39, 0.29) is 11.4 Å². The Morgan fingerprint density at radius 2 is 1.95 bits per heavy atom. The third-order valence-electron chi connectivity index (χ3n) is 4.16. The number of carbonyl (C=O) groups excluding carboxylic acids is 1. The van der Waals surface area contributed by atoms with Crippen LogP contribution in [0.5, 0.6) is 5.75 Å². The SMILES string of the molecule is COC(=O)C1(Cc2cc(C)cc(C)c2OC)CCC1. The zero-order valence-corrected chi connectivity index (χ0v) is 12.2. The lowest BCUT2D eigenvalue weighted by atomic mass is 9.65. The summed E-state index contributed by atoms with van der Waals surface area (Å²) in [6.07, 6.45) is 3.64. The van der Waals surface area contributed by atoms with E-state index in [1.54, 1.807) is 7.11 Å². The molecule has 0 N–H and O–H groups in total. The fraction of sp³-hybridized carbons (Fsp3) is 0.562. The molecular weight excluding hydrogens is 240 g/mol. The first kappa shape index (κ1) is 13.9. The highest BCUT2D eigenvalue weighted by Gasteiger charge is 2.45. The van der Waals surface area contributed by atoms with Gasteiger partial charge in [-0.15, -0.1) is 0 Å². The van der Waals surface area contributed by atoms with Crippen LogP contribution >= 0.6 is 0 Å². The number of benzene rings is 1. The monoisotopic (exact) mass is 262 g/mol. The molecule has 0 amide bonds. The van der Waals surface area contributed by atoms with Gasteiger partial charge < -0.3 is 9.47 Å². The first-order chi connectivity index (χ1) is 9.02. The van der Waals surface area contributed by atoms with E-state index in [9.17, 15) is 4.79 Å². The molecule has 0 bridgehead atoms. The smallest absolute Gasteiger partial charge is 0.312 e. The molecule has 3 nitrogen and oxygen atoms in total. The molecule has 0 saturated heterocycles. The molecule has 0 unspecified atom stereocenters. The lowest BCUT2D eigenvalue weighted by Crippen LogP contribution is -2.41. The fourth-order valence-electron chi connectivity index (χ4n) is 3.10. The highest BCUT2D eigenvalue weighted by Crippen LogP contribution is 2.46. The van der Waals surface area contributed by atoms with E-state index in [1.165, 1.54) is 12.7 Å². The summed E-state index contributed by atoms with van der Waals surface area (Å²) in [5, 5.41) is 0. The predicted octanol–water partition coefficient (Wildman–Crippen LogP) is 3.20. The van der Waals surface area contributed by atoms with Crippen molar-refractivity contribution in [1.29, 1.82) is 0 Å². The second-order valence-electron chi connectivity index (χ2n) is 5.58. The summed E-state index contributed by atoms with van der Waals surface area (Å²) in [6.45, 7) is 4.11. The lowest BCUT2D eigenvalue weighted by Gasteiger charge is -2.39. The van der Waals surface area contributed by atoms with Gasteiger partial charge in [-0.25, -0.2) is 0 Å². The minimum absolute atomic E-state index is 0.0834. The van der Waals surface area contributed by atoms with Crippen molar-refractivity contribution >= 4 is 5.97 Å². The maximum Gasteiger partial charge on any atom is 0.312 e. The number of hydrogen-bond donors (Lipinski definition) is 0. The first-order valence-corrected chi connectivity index (χ1v) is 6.75. The van der Waals surface area contributed by atoms with Crippen molar-refractivity contribution in [2.75, 3.05) is 14.2 Å². The van der Waals surface area contributed by atoms with Gasteiger partial charge >= 0.3 is 5.97 Å². The van der Waals surface area contributed by atoms with Crippen molar-refractivity contribution < 1.29 is 14.3 Å². The molecule has 0 atom stereocenters. The van der Waals surface area contributed by atoms with Crippen molar-refractivity contribution in [3.05, 3.63) is 28.8 Å². The van der Waals surface area contributed by atoms with Gasteiger partial charge in [-0.05, 0) is 44.2 Å². The van der Waals surface area contributed by atoms with Crippen molar-refractivity contribution in [2.24, 2.45) is 5.41 Å². The molecule has 19 heavy (non-hydrogen) atoms. The van der Waals surface area contributed by atoms with Crippen LogP contribution in [0.4, 0.5) is 0 Å². The van der Waals surface area contributed by atoms with Gasteiger partial charge in [0.05, 0.1) is 19.6 Å². The molecule has 1 aromatic rings. The van der Waals surface area contributed by atoms with Gasteiger partial charge in [-0.2, -0.15) is 0 Å². The van der Waals surface area contributed by atoms with E-state index in [0.717, 1.165) is 36.1 Å². The second-order valence-corrected chi connectivity index (χ2v) is 5.58. The van der Waals surface area contributed by atoms with Gasteiger partial charge in [0.25, 0.3) is 0 Å². The summed E-state index contributed by atoms with van der Waals surface area (Å²) in [4.78, 5) is 12.0. The van der Waals surface area contributed by atoms with Crippen LogP contribution < -0.4 is 4.74 Å². The van der Waals surface area contributed by atoms with Crippen LogP contribution in [0.3, 0.4) is 0 Å². The van der Waals surface area contributed by atoms with Crippen molar-refractivity contribution in [3.63, 3.8) is 0 Å². The summed E-state index contributed by atoms with van der Waals surface area (Å²) in [7, 11) is 3.16. The number of methoxy groups -OCH3 is 2. The standard InChI is InChI=1S/C16H22O3/c1-11-8-12(2)14(18-3)13(9-11)10-16(6-5-7-16)15(17)19-4/h8-9H,5-7,10H2,1-4H3. The maximum atomic E-state index is 12.0. The van der Waals surface area contributed by atoms with Crippen molar-refractivity contribution in [1.82, 2.24) is 0 Å². The summed E-state index contributed by atoms with van der Waals surface area (Å²) < 4.78 is 10.5. The summed E-state index contributed by atoms with van der Waals surface area (Å²) in [6, 6.07) is 4.22. The zero-order valence-electron chi connectivity index (χ0n) is 12.2. The van der Waals surface area contributed by atoms with E-state index in [0.29, 0.717) is 6.42 Å². The molecule has 104 valence electrons. The second kappa shape index (κ2) is 5.24. The van der Waals surface area contributed by atoms with Gasteiger partial charge in [-0.3, -0.25) is 4.79 Å². The van der Waals surface area contributed by atoms with E-state index in [1.807, 2.05) is 6.92 Å². The average Bonchev–Trinajstić information content (AvgIpc) is 2.32. The first-order valence-electron chi connectivity index (χ1n) is 6.75. The van der Waals surface area contributed by atoms with Crippen LogP contribution in [0.2, 0.25) is 0 Å². The molecule has 2 rings (SSSR count). The van der Waals surface area contributed by atoms with Crippen LogP contribution in [-0.2, 0) is 16.0 Å². The van der Waals surface area contributed by atoms with Gasteiger partial charge in [0.1, 0.15) is 5.75 Å². The Labute approximate surface area is 114 Å². The minimum atomic E-state index is -0.331. The maximum absolute atomic E-state index is 12.0. The molecule has 0 aliphatic heterocycles.